The number of carbonyl (C=O) groups excluding carboxylic acids is 1. The normalized spacial score (nSPS) is 29.4. The summed E-state index contributed by atoms with van der Waals surface area (Å²) in [5, 5.41) is 3.61. The maximum atomic E-state index is 11.3. The summed E-state index contributed by atoms with van der Waals surface area (Å²) in [7, 11) is 0. The molecule has 2 aliphatic rings. The Morgan fingerprint density at radius 1 is 1.35 bits per heavy atom. The fraction of sp³-hybridized carbons (Fsp3) is 0.923. The number of hydrogen-bond donors (Lipinski definition) is 2. The van der Waals surface area contributed by atoms with Crippen LogP contribution in [0.2, 0.25) is 0 Å². The minimum atomic E-state index is -0.260. The van der Waals surface area contributed by atoms with E-state index in [1.165, 1.54) is 32.1 Å². The van der Waals surface area contributed by atoms with Crippen molar-refractivity contribution in [2.45, 2.75) is 45.1 Å². The Kier molecular flexibility index (Phi) is 4.26. The second kappa shape index (κ2) is 5.71. The zero-order chi connectivity index (χ0) is 12.3. The van der Waals surface area contributed by atoms with Gasteiger partial charge in [-0.2, -0.15) is 0 Å². The molecule has 0 aromatic heterocycles. The number of nitrogens with two attached hydrogens (primary N) is 1. The molecule has 1 saturated carbocycles. The molecular formula is C13H25N3O. The molecule has 4 heteroatoms. The van der Waals surface area contributed by atoms with Crippen LogP contribution in [0.1, 0.15) is 39.0 Å². The molecule has 0 aromatic carbocycles. The van der Waals surface area contributed by atoms with Gasteiger partial charge in [0.2, 0.25) is 0 Å². The molecule has 1 aliphatic carbocycles. The van der Waals surface area contributed by atoms with Crippen LogP contribution in [-0.2, 0) is 0 Å². The molecule has 0 aromatic rings. The maximum Gasteiger partial charge on any atom is 0.314 e. The Balaban J connectivity index is 1.83. The van der Waals surface area contributed by atoms with Gasteiger partial charge in [-0.15, -0.1) is 0 Å². The van der Waals surface area contributed by atoms with Gasteiger partial charge in [0.1, 0.15) is 0 Å². The molecule has 0 bridgehead atoms. The highest BCUT2D eigenvalue weighted by Crippen LogP contribution is 2.28. The molecule has 3 N–H and O–H groups in total. The fourth-order valence-electron chi connectivity index (χ4n) is 2.80. The van der Waals surface area contributed by atoms with Gasteiger partial charge in [-0.3, -0.25) is 0 Å². The summed E-state index contributed by atoms with van der Waals surface area (Å²) >= 11 is 0. The third-order valence-corrected chi connectivity index (χ3v) is 3.94. The number of urea groups is 1. The topological polar surface area (TPSA) is 58.4 Å². The number of nitrogens with zero attached hydrogens (tertiary/aromatic N) is 1. The first-order chi connectivity index (χ1) is 8.19. The zero-order valence-electron chi connectivity index (χ0n) is 10.8. The van der Waals surface area contributed by atoms with E-state index in [1.54, 1.807) is 0 Å². The quantitative estimate of drug-likeness (QED) is 0.765. The molecule has 2 amide bonds. The van der Waals surface area contributed by atoms with E-state index < -0.39 is 0 Å². The Hall–Kier alpha value is -0.770. The van der Waals surface area contributed by atoms with Gasteiger partial charge in [0.15, 0.2) is 0 Å². The van der Waals surface area contributed by atoms with E-state index in [-0.39, 0.29) is 6.03 Å². The highest BCUT2D eigenvalue weighted by Gasteiger charge is 2.30. The maximum absolute atomic E-state index is 11.3. The predicted octanol–water partition coefficient (Wildman–Crippen LogP) is 1.56. The summed E-state index contributed by atoms with van der Waals surface area (Å²) in [6, 6.07) is 0.192. The average Bonchev–Trinajstić information content (AvgIpc) is 3.10. The zero-order valence-corrected chi connectivity index (χ0v) is 10.8. The third kappa shape index (κ3) is 3.87. The second-order valence-corrected chi connectivity index (χ2v) is 5.68. The third-order valence-electron chi connectivity index (χ3n) is 3.94. The first kappa shape index (κ1) is 12.7. The van der Waals surface area contributed by atoms with E-state index in [9.17, 15) is 4.79 Å². The van der Waals surface area contributed by atoms with Crippen molar-refractivity contribution in [3.05, 3.63) is 0 Å². The van der Waals surface area contributed by atoms with Gasteiger partial charge in [-0.05, 0) is 44.1 Å². The molecule has 1 saturated heterocycles. The lowest BCUT2D eigenvalue weighted by Crippen LogP contribution is -2.53. The molecule has 4 nitrogen and oxygen atoms in total. The van der Waals surface area contributed by atoms with E-state index in [4.69, 9.17) is 5.73 Å². The Morgan fingerprint density at radius 2 is 2.12 bits per heavy atom. The van der Waals surface area contributed by atoms with Crippen LogP contribution in [-0.4, -0.2) is 36.6 Å². The molecule has 1 heterocycles. The van der Waals surface area contributed by atoms with Crippen LogP contribution in [0, 0.1) is 11.8 Å². The van der Waals surface area contributed by atoms with E-state index >= 15 is 0 Å². The monoisotopic (exact) mass is 239 g/mol. The van der Waals surface area contributed by atoms with Gasteiger partial charge in [-0.1, -0.05) is 13.3 Å². The molecule has 2 atom stereocenters. The summed E-state index contributed by atoms with van der Waals surface area (Å²) in [5.74, 6) is 1.52. The van der Waals surface area contributed by atoms with E-state index in [2.05, 4.69) is 12.2 Å². The van der Waals surface area contributed by atoms with Crippen molar-refractivity contribution in [1.82, 2.24) is 10.2 Å². The van der Waals surface area contributed by atoms with E-state index in [1.807, 2.05) is 4.90 Å². The summed E-state index contributed by atoms with van der Waals surface area (Å²) in [4.78, 5) is 13.1. The van der Waals surface area contributed by atoms with Crippen molar-refractivity contribution in [2.75, 3.05) is 19.6 Å². The molecule has 17 heavy (non-hydrogen) atoms. The van der Waals surface area contributed by atoms with Crippen molar-refractivity contribution >= 4 is 6.03 Å². The molecule has 2 unspecified atom stereocenters. The number of primary amides is 1. The number of carbonyl (C=O) groups is 1. The SMILES string of the molecule is CCCC1CC(NCC2CC2)CN(C(N)=O)C1. The summed E-state index contributed by atoms with van der Waals surface area (Å²) in [5.41, 5.74) is 5.42. The molecular weight excluding hydrogens is 214 g/mol. The number of hydrogen-bond acceptors (Lipinski definition) is 2. The van der Waals surface area contributed by atoms with Crippen LogP contribution >= 0.6 is 0 Å². The van der Waals surface area contributed by atoms with Crippen LogP contribution < -0.4 is 11.1 Å². The van der Waals surface area contributed by atoms with Crippen LogP contribution in [0.4, 0.5) is 4.79 Å². The lowest BCUT2D eigenvalue weighted by molar-refractivity contribution is 0.148. The van der Waals surface area contributed by atoms with Crippen LogP contribution in [0.15, 0.2) is 0 Å². The van der Waals surface area contributed by atoms with Crippen molar-refractivity contribution in [2.24, 2.45) is 17.6 Å². The predicted molar refractivity (Wildman–Crippen MR) is 68.7 cm³/mol. The highest BCUT2D eigenvalue weighted by molar-refractivity contribution is 5.72. The number of nitrogens with one attached hydrogen (secondary N) is 1. The fourth-order valence-corrected chi connectivity index (χ4v) is 2.80. The number of likely N-dealkylation sites (tertiary alicyclic amines) is 1. The van der Waals surface area contributed by atoms with Crippen molar-refractivity contribution < 1.29 is 4.79 Å². The largest absolute Gasteiger partial charge is 0.351 e. The molecule has 0 spiro atoms. The Bertz CT molecular complexity index is 265. The lowest BCUT2D eigenvalue weighted by atomic mass is 9.90. The standard InChI is InChI=1S/C13H25N3O/c1-2-3-11-6-12(15-7-10-4-5-10)9-16(8-11)13(14)17/h10-12,15H,2-9H2,1H3,(H2,14,17). The van der Waals surface area contributed by atoms with E-state index in [0.29, 0.717) is 12.0 Å². The molecule has 1 aliphatic heterocycles. The highest BCUT2D eigenvalue weighted by atomic mass is 16.2. The first-order valence-electron chi connectivity index (χ1n) is 6.96. The minimum Gasteiger partial charge on any atom is -0.351 e. The molecule has 0 radical (unpaired) electrons. The number of rotatable bonds is 5. The number of amides is 2. The first-order valence-corrected chi connectivity index (χ1v) is 6.96. The van der Waals surface area contributed by atoms with Gasteiger partial charge in [0.05, 0.1) is 0 Å². The second-order valence-electron chi connectivity index (χ2n) is 5.68. The summed E-state index contributed by atoms with van der Waals surface area (Å²) < 4.78 is 0. The minimum absolute atomic E-state index is 0.260. The van der Waals surface area contributed by atoms with Gasteiger partial charge in [-0.25, -0.2) is 4.79 Å². The van der Waals surface area contributed by atoms with Gasteiger partial charge < -0.3 is 16.0 Å². The lowest BCUT2D eigenvalue weighted by Gasteiger charge is -2.37. The van der Waals surface area contributed by atoms with Crippen molar-refractivity contribution in [3.63, 3.8) is 0 Å². The Labute approximate surface area is 104 Å². The Morgan fingerprint density at radius 3 is 2.71 bits per heavy atom. The summed E-state index contributed by atoms with van der Waals surface area (Å²) in [6.45, 7) is 4.97. The van der Waals surface area contributed by atoms with Crippen molar-refractivity contribution in [1.29, 1.82) is 0 Å². The van der Waals surface area contributed by atoms with Crippen LogP contribution in [0.5, 0.6) is 0 Å². The van der Waals surface area contributed by atoms with Gasteiger partial charge in [0.25, 0.3) is 0 Å². The van der Waals surface area contributed by atoms with Crippen molar-refractivity contribution in [3.8, 4) is 0 Å². The molecule has 2 rings (SSSR count). The van der Waals surface area contributed by atoms with Gasteiger partial charge in [0, 0.05) is 19.1 Å². The smallest absolute Gasteiger partial charge is 0.314 e. The van der Waals surface area contributed by atoms with Crippen LogP contribution in [0.25, 0.3) is 0 Å². The number of piperidine rings is 1. The van der Waals surface area contributed by atoms with Crippen LogP contribution in [0.3, 0.4) is 0 Å². The van der Waals surface area contributed by atoms with E-state index in [0.717, 1.165) is 25.6 Å². The molecule has 2 fully saturated rings. The average molecular weight is 239 g/mol. The van der Waals surface area contributed by atoms with Gasteiger partial charge >= 0.3 is 6.03 Å². The summed E-state index contributed by atoms with van der Waals surface area (Å²) in [6.07, 6.45) is 6.33. The molecule has 98 valence electrons.